The van der Waals surface area contributed by atoms with E-state index >= 15 is 0 Å². The summed E-state index contributed by atoms with van der Waals surface area (Å²) in [7, 11) is 4.08. The van der Waals surface area contributed by atoms with Crippen molar-refractivity contribution in [3.63, 3.8) is 0 Å². The fourth-order valence-corrected chi connectivity index (χ4v) is 5.63. The second kappa shape index (κ2) is 8.66. The van der Waals surface area contributed by atoms with Crippen LogP contribution in [-0.2, 0) is 0 Å². The minimum atomic E-state index is 0.801. The van der Waals surface area contributed by atoms with Crippen molar-refractivity contribution in [2.45, 2.75) is 9.50 Å². The highest BCUT2D eigenvalue weighted by Crippen LogP contribution is 2.36. The molecule has 154 valence electrons. The van der Waals surface area contributed by atoms with Crippen molar-refractivity contribution in [1.82, 2.24) is 19.7 Å². The highest BCUT2D eigenvalue weighted by molar-refractivity contribution is 8.00. The molecule has 0 unspecified atom stereocenters. The molecule has 0 aliphatic rings. The number of thiophene rings is 1. The van der Waals surface area contributed by atoms with Gasteiger partial charge in [0.2, 0.25) is 5.16 Å². The van der Waals surface area contributed by atoms with Crippen LogP contribution in [0.3, 0.4) is 0 Å². The number of rotatable bonds is 6. The first-order valence-corrected chi connectivity index (χ1v) is 12.2. The van der Waals surface area contributed by atoms with E-state index in [1.165, 1.54) is 0 Å². The third-order valence-electron chi connectivity index (χ3n) is 4.73. The molecule has 5 nitrogen and oxygen atoms in total. The second-order valence-electron chi connectivity index (χ2n) is 7.00. The maximum absolute atomic E-state index is 4.82. The summed E-state index contributed by atoms with van der Waals surface area (Å²) in [6.07, 6.45) is 0. The fraction of sp³-hybridized carbons (Fsp3) is 0.0870. The number of benzene rings is 2. The van der Waals surface area contributed by atoms with Crippen molar-refractivity contribution in [1.29, 1.82) is 0 Å². The third kappa shape index (κ3) is 4.14. The van der Waals surface area contributed by atoms with Gasteiger partial charge >= 0.3 is 0 Å². The standard InChI is InChI=1S/C23H19N5S3/c1-27(2)17-10-12-18(13-11-17)28-21(20-9-6-14-29-20)25-26-22(28)31-23-24-19(15-30-23)16-7-4-3-5-8-16/h3-15H,1-2H3. The molecule has 2 aromatic carbocycles. The molecule has 0 saturated carbocycles. The minimum Gasteiger partial charge on any atom is -0.378 e. The molecule has 0 bridgehead atoms. The van der Waals surface area contributed by atoms with E-state index in [1.807, 2.05) is 38.4 Å². The topological polar surface area (TPSA) is 46.8 Å². The van der Waals surface area contributed by atoms with Gasteiger partial charge in [-0.2, -0.15) is 0 Å². The Morgan fingerprint density at radius 3 is 2.39 bits per heavy atom. The zero-order valence-corrected chi connectivity index (χ0v) is 19.4. The molecular formula is C23H19N5S3. The largest absolute Gasteiger partial charge is 0.378 e. The molecule has 31 heavy (non-hydrogen) atoms. The second-order valence-corrected chi connectivity index (χ2v) is 10.0. The number of hydrogen-bond acceptors (Lipinski definition) is 7. The summed E-state index contributed by atoms with van der Waals surface area (Å²) in [6.45, 7) is 0. The maximum atomic E-state index is 4.82. The Labute approximate surface area is 193 Å². The fourth-order valence-electron chi connectivity index (χ4n) is 3.16. The van der Waals surface area contributed by atoms with E-state index in [1.54, 1.807) is 34.4 Å². The van der Waals surface area contributed by atoms with Crippen LogP contribution in [0.4, 0.5) is 5.69 Å². The molecule has 0 spiro atoms. The lowest BCUT2D eigenvalue weighted by Crippen LogP contribution is -2.08. The van der Waals surface area contributed by atoms with Crippen molar-refractivity contribution in [2.75, 3.05) is 19.0 Å². The first-order chi connectivity index (χ1) is 15.2. The van der Waals surface area contributed by atoms with Crippen LogP contribution in [0.2, 0.25) is 0 Å². The van der Waals surface area contributed by atoms with Crippen molar-refractivity contribution < 1.29 is 0 Å². The van der Waals surface area contributed by atoms with Gasteiger partial charge in [-0.05, 0) is 47.5 Å². The molecule has 0 aliphatic heterocycles. The van der Waals surface area contributed by atoms with Gasteiger partial charge in [-0.3, -0.25) is 4.57 Å². The van der Waals surface area contributed by atoms with Crippen LogP contribution in [0.5, 0.6) is 0 Å². The number of anilines is 1. The molecule has 0 radical (unpaired) electrons. The number of nitrogens with zero attached hydrogens (tertiary/aromatic N) is 5. The normalized spacial score (nSPS) is 11.0. The molecule has 0 N–H and O–H groups in total. The highest BCUT2D eigenvalue weighted by atomic mass is 32.2. The van der Waals surface area contributed by atoms with Gasteiger partial charge in [0, 0.05) is 36.4 Å². The van der Waals surface area contributed by atoms with Crippen LogP contribution in [0, 0.1) is 0 Å². The van der Waals surface area contributed by atoms with Crippen LogP contribution < -0.4 is 4.90 Å². The predicted molar refractivity (Wildman–Crippen MR) is 131 cm³/mol. The Morgan fingerprint density at radius 2 is 1.68 bits per heavy atom. The zero-order valence-electron chi connectivity index (χ0n) is 17.0. The summed E-state index contributed by atoms with van der Waals surface area (Å²) in [5, 5.41) is 14.0. The number of hydrogen-bond donors (Lipinski definition) is 0. The van der Waals surface area contributed by atoms with Gasteiger partial charge in [-0.15, -0.1) is 32.9 Å². The van der Waals surface area contributed by atoms with E-state index in [4.69, 9.17) is 4.98 Å². The Morgan fingerprint density at radius 1 is 0.871 bits per heavy atom. The Balaban J connectivity index is 1.53. The van der Waals surface area contributed by atoms with Gasteiger partial charge in [0.05, 0.1) is 10.6 Å². The van der Waals surface area contributed by atoms with Gasteiger partial charge in [-0.25, -0.2) is 4.98 Å². The lowest BCUT2D eigenvalue weighted by atomic mass is 10.2. The van der Waals surface area contributed by atoms with Crippen molar-refractivity contribution in [3.8, 4) is 27.6 Å². The third-order valence-corrected chi connectivity index (χ3v) is 7.48. The van der Waals surface area contributed by atoms with Gasteiger partial charge in [-0.1, -0.05) is 36.4 Å². The van der Waals surface area contributed by atoms with Crippen LogP contribution in [0.15, 0.2) is 87.0 Å². The van der Waals surface area contributed by atoms with Crippen molar-refractivity contribution in [3.05, 3.63) is 77.5 Å². The molecule has 0 fully saturated rings. The lowest BCUT2D eigenvalue weighted by molar-refractivity contribution is 0.885. The molecular weight excluding hydrogens is 442 g/mol. The van der Waals surface area contributed by atoms with E-state index in [-0.39, 0.29) is 0 Å². The van der Waals surface area contributed by atoms with Gasteiger partial charge in [0.1, 0.15) is 0 Å². The summed E-state index contributed by atoms with van der Waals surface area (Å²) < 4.78 is 3.05. The summed E-state index contributed by atoms with van der Waals surface area (Å²) >= 11 is 4.83. The molecule has 0 saturated heterocycles. The Kier molecular flexibility index (Phi) is 5.59. The maximum Gasteiger partial charge on any atom is 0.203 e. The smallest absolute Gasteiger partial charge is 0.203 e. The van der Waals surface area contributed by atoms with E-state index < -0.39 is 0 Å². The Hall–Kier alpha value is -2.94. The van der Waals surface area contributed by atoms with E-state index in [9.17, 15) is 0 Å². The highest BCUT2D eigenvalue weighted by Gasteiger charge is 2.19. The molecule has 0 amide bonds. The predicted octanol–water partition coefficient (Wildman–Crippen LogP) is 6.34. The van der Waals surface area contributed by atoms with Gasteiger partial charge in [0.25, 0.3) is 0 Å². The average Bonchev–Trinajstić information content (AvgIpc) is 3.56. The molecule has 8 heteroatoms. The molecule has 5 rings (SSSR count). The average molecular weight is 462 g/mol. The van der Waals surface area contributed by atoms with E-state index in [2.05, 4.69) is 72.9 Å². The van der Waals surface area contributed by atoms with Gasteiger partial charge < -0.3 is 4.90 Å². The Bertz CT molecular complexity index is 1270. The summed E-state index contributed by atoms with van der Waals surface area (Å²) in [5.41, 5.74) is 4.27. The summed E-state index contributed by atoms with van der Waals surface area (Å²) in [5.74, 6) is 0.843. The summed E-state index contributed by atoms with van der Waals surface area (Å²) in [4.78, 5) is 7.99. The van der Waals surface area contributed by atoms with Crippen LogP contribution >= 0.6 is 34.4 Å². The quantitative estimate of drug-likeness (QED) is 0.295. The molecule has 3 heterocycles. The van der Waals surface area contributed by atoms with Crippen LogP contribution in [0.1, 0.15) is 0 Å². The number of aromatic nitrogens is 4. The molecule has 0 aliphatic carbocycles. The van der Waals surface area contributed by atoms with Crippen LogP contribution in [0.25, 0.3) is 27.6 Å². The van der Waals surface area contributed by atoms with E-state index in [0.717, 1.165) is 42.8 Å². The molecule has 5 aromatic rings. The zero-order chi connectivity index (χ0) is 21.2. The molecule has 0 atom stereocenters. The summed E-state index contributed by atoms with van der Waals surface area (Å²) in [6, 6.07) is 22.8. The SMILES string of the molecule is CN(C)c1ccc(-n2c(Sc3nc(-c4ccccc4)cs3)nnc2-c2cccs2)cc1. The first-order valence-electron chi connectivity index (χ1n) is 9.65. The number of thiazole rings is 1. The van der Waals surface area contributed by atoms with E-state index in [0.29, 0.717) is 0 Å². The minimum absolute atomic E-state index is 0.801. The lowest BCUT2D eigenvalue weighted by Gasteiger charge is -2.14. The van der Waals surface area contributed by atoms with Gasteiger partial charge in [0.15, 0.2) is 10.2 Å². The monoisotopic (exact) mass is 461 g/mol. The van der Waals surface area contributed by atoms with Crippen molar-refractivity contribution >= 4 is 40.1 Å². The van der Waals surface area contributed by atoms with Crippen LogP contribution in [-0.4, -0.2) is 33.8 Å². The first kappa shape index (κ1) is 20.0. The molecule has 3 aromatic heterocycles. The van der Waals surface area contributed by atoms with Crippen molar-refractivity contribution in [2.24, 2.45) is 0 Å².